The smallest absolute Gasteiger partial charge is 0.263 e. The number of thiophene rings is 1. The van der Waals surface area contributed by atoms with Gasteiger partial charge in [-0.3, -0.25) is 9.36 Å². The highest BCUT2D eigenvalue weighted by Gasteiger charge is 2.27. The molecule has 2 aromatic heterocycles. The van der Waals surface area contributed by atoms with Crippen LogP contribution in [0.4, 0.5) is 0 Å². The van der Waals surface area contributed by atoms with E-state index in [9.17, 15) is 4.79 Å². The van der Waals surface area contributed by atoms with E-state index in [1.807, 2.05) is 4.57 Å². The Bertz CT molecular complexity index is 910. The van der Waals surface area contributed by atoms with Crippen molar-refractivity contribution in [3.8, 4) is 0 Å². The van der Waals surface area contributed by atoms with Crippen molar-refractivity contribution in [2.24, 2.45) is 11.8 Å². The van der Waals surface area contributed by atoms with E-state index in [1.165, 1.54) is 16.9 Å². The zero-order valence-corrected chi connectivity index (χ0v) is 18.1. The van der Waals surface area contributed by atoms with Crippen LogP contribution in [0.5, 0.6) is 0 Å². The van der Waals surface area contributed by atoms with Crippen molar-refractivity contribution in [2.45, 2.75) is 63.3 Å². The summed E-state index contributed by atoms with van der Waals surface area (Å²) < 4.78 is 13.3. The lowest BCUT2D eigenvalue weighted by atomic mass is 9.89. The number of fused-ring (bicyclic) bond motifs is 3. The summed E-state index contributed by atoms with van der Waals surface area (Å²) in [4.78, 5) is 20.9. The van der Waals surface area contributed by atoms with Crippen molar-refractivity contribution in [3.63, 3.8) is 0 Å². The molecule has 7 heteroatoms. The lowest BCUT2D eigenvalue weighted by Crippen LogP contribution is -2.29. The van der Waals surface area contributed by atoms with Crippen LogP contribution in [0, 0.1) is 11.8 Å². The highest BCUT2D eigenvalue weighted by molar-refractivity contribution is 7.99. The molecule has 2 saturated heterocycles. The van der Waals surface area contributed by atoms with Gasteiger partial charge in [-0.2, -0.15) is 0 Å². The molecule has 0 bridgehead atoms. The standard InChI is InChI=1S/C21H28N2O3S2/c1-13-4-5-16-17(9-13)28-19-18(16)20(24)23(10-15-3-2-7-26-15)21(22-19)27-12-14-6-8-25-11-14/h13-15H,2-12H2,1H3/t13-,14-,15-/m1/s1. The van der Waals surface area contributed by atoms with E-state index in [-0.39, 0.29) is 11.7 Å². The minimum absolute atomic E-state index is 0.139. The number of aryl methyl sites for hydroxylation is 1. The first-order valence-corrected chi connectivity index (χ1v) is 12.4. The largest absolute Gasteiger partial charge is 0.381 e. The maximum atomic E-state index is 13.6. The van der Waals surface area contributed by atoms with Crippen molar-refractivity contribution < 1.29 is 9.47 Å². The molecule has 5 rings (SSSR count). The van der Waals surface area contributed by atoms with Crippen molar-refractivity contribution >= 4 is 33.3 Å². The van der Waals surface area contributed by atoms with Gasteiger partial charge in [-0.1, -0.05) is 18.7 Å². The number of rotatable bonds is 5. The van der Waals surface area contributed by atoms with Crippen molar-refractivity contribution in [1.82, 2.24) is 9.55 Å². The van der Waals surface area contributed by atoms with Crippen LogP contribution in [0.2, 0.25) is 0 Å². The van der Waals surface area contributed by atoms with Gasteiger partial charge in [0.25, 0.3) is 5.56 Å². The predicted molar refractivity (Wildman–Crippen MR) is 114 cm³/mol. The molecule has 0 amide bonds. The highest BCUT2D eigenvalue weighted by atomic mass is 32.2. The third kappa shape index (κ3) is 3.66. The molecule has 0 radical (unpaired) electrons. The summed E-state index contributed by atoms with van der Waals surface area (Å²) in [6.45, 7) is 5.43. The first kappa shape index (κ1) is 19.1. The van der Waals surface area contributed by atoms with Crippen molar-refractivity contribution in [1.29, 1.82) is 0 Å². The van der Waals surface area contributed by atoms with Gasteiger partial charge >= 0.3 is 0 Å². The van der Waals surface area contributed by atoms with Crippen LogP contribution in [0.3, 0.4) is 0 Å². The number of ether oxygens (including phenoxy) is 2. The summed E-state index contributed by atoms with van der Waals surface area (Å²) in [7, 11) is 0. The fraction of sp³-hybridized carbons (Fsp3) is 0.714. The normalized spacial score (nSPS) is 27.5. The van der Waals surface area contributed by atoms with Crippen molar-refractivity contribution in [3.05, 3.63) is 20.8 Å². The first-order valence-electron chi connectivity index (χ1n) is 10.6. The SMILES string of the molecule is C[C@@H]1CCc2c(sc3nc(SC[C@@H]4CCOC4)n(C[C@H]4CCCO4)c(=O)c23)C1. The molecule has 2 aromatic rings. The average molecular weight is 421 g/mol. The van der Waals surface area contributed by atoms with E-state index in [2.05, 4.69) is 6.92 Å². The molecule has 1 aliphatic carbocycles. The maximum absolute atomic E-state index is 13.6. The number of hydrogen-bond donors (Lipinski definition) is 0. The minimum atomic E-state index is 0.139. The van der Waals surface area contributed by atoms with Gasteiger partial charge in [0.15, 0.2) is 5.16 Å². The summed E-state index contributed by atoms with van der Waals surface area (Å²) in [5.74, 6) is 2.23. The summed E-state index contributed by atoms with van der Waals surface area (Å²) in [5.41, 5.74) is 1.43. The molecular weight excluding hydrogens is 392 g/mol. The molecule has 0 aromatic carbocycles. The lowest BCUT2D eigenvalue weighted by Gasteiger charge is -2.18. The summed E-state index contributed by atoms with van der Waals surface area (Å²) >= 11 is 3.47. The number of nitrogens with zero attached hydrogens (tertiary/aromatic N) is 2. The van der Waals surface area contributed by atoms with E-state index < -0.39 is 0 Å². The van der Waals surface area contributed by atoms with Crippen molar-refractivity contribution in [2.75, 3.05) is 25.6 Å². The van der Waals surface area contributed by atoms with Crippen LogP contribution >= 0.6 is 23.1 Å². The Morgan fingerprint density at radius 1 is 1.29 bits per heavy atom. The van der Waals surface area contributed by atoms with Crippen LogP contribution in [0.1, 0.15) is 43.0 Å². The fourth-order valence-corrected chi connectivity index (χ4v) is 7.12. The molecule has 2 fully saturated rings. The topological polar surface area (TPSA) is 53.4 Å². The minimum Gasteiger partial charge on any atom is -0.381 e. The second-order valence-corrected chi connectivity index (χ2v) is 10.6. The Labute approximate surface area is 173 Å². The zero-order valence-electron chi connectivity index (χ0n) is 16.4. The molecule has 2 aliphatic heterocycles. The van der Waals surface area contributed by atoms with Gasteiger partial charge in [0, 0.05) is 23.8 Å². The molecule has 5 nitrogen and oxygen atoms in total. The van der Waals surface area contributed by atoms with Gasteiger partial charge in [-0.15, -0.1) is 11.3 Å². The maximum Gasteiger partial charge on any atom is 0.263 e. The summed E-state index contributed by atoms with van der Waals surface area (Å²) in [5, 5.41) is 1.75. The van der Waals surface area contributed by atoms with E-state index in [0.29, 0.717) is 18.4 Å². The molecule has 0 spiro atoms. The van der Waals surface area contributed by atoms with E-state index in [1.54, 1.807) is 23.1 Å². The average Bonchev–Trinajstić information content (AvgIpc) is 3.42. The van der Waals surface area contributed by atoms with Crippen LogP contribution < -0.4 is 5.56 Å². The molecule has 152 valence electrons. The third-order valence-corrected chi connectivity index (χ3v) is 8.62. The Kier molecular flexibility index (Phi) is 5.52. The Morgan fingerprint density at radius 3 is 3.00 bits per heavy atom. The summed E-state index contributed by atoms with van der Waals surface area (Å²) in [6, 6.07) is 0. The molecule has 4 heterocycles. The first-order chi connectivity index (χ1) is 13.7. The third-order valence-electron chi connectivity index (χ3n) is 6.26. The molecule has 28 heavy (non-hydrogen) atoms. The molecule has 3 atom stereocenters. The van der Waals surface area contributed by atoms with Gasteiger partial charge in [0.2, 0.25) is 0 Å². The van der Waals surface area contributed by atoms with Crippen LogP contribution in [0.15, 0.2) is 9.95 Å². The van der Waals surface area contributed by atoms with Crippen LogP contribution in [-0.4, -0.2) is 41.2 Å². The van der Waals surface area contributed by atoms with Crippen LogP contribution in [-0.2, 0) is 28.9 Å². The van der Waals surface area contributed by atoms with Gasteiger partial charge < -0.3 is 9.47 Å². The summed E-state index contributed by atoms with van der Waals surface area (Å²) in [6.07, 6.45) is 6.63. The van der Waals surface area contributed by atoms with Gasteiger partial charge in [-0.25, -0.2) is 4.98 Å². The second-order valence-electron chi connectivity index (χ2n) is 8.52. The van der Waals surface area contributed by atoms with E-state index in [4.69, 9.17) is 14.5 Å². The molecule has 0 unspecified atom stereocenters. The molecule has 0 saturated carbocycles. The quantitative estimate of drug-likeness (QED) is 0.543. The fourth-order valence-electron chi connectivity index (χ4n) is 4.58. The number of aromatic nitrogens is 2. The monoisotopic (exact) mass is 420 g/mol. The number of hydrogen-bond acceptors (Lipinski definition) is 6. The Balaban J connectivity index is 1.53. The second kappa shape index (κ2) is 8.09. The molecular formula is C21H28N2O3S2. The molecule has 3 aliphatic rings. The number of thioether (sulfide) groups is 1. The molecule has 0 N–H and O–H groups in total. The van der Waals surface area contributed by atoms with Gasteiger partial charge in [0.05, 0.1) is 24.6 Å². The van der Waals surface area contributed by atoms with Gasteiger partial charge in [0.1, 0.15) is 4.83 Å². The van der Waals surface area contributed by atoms with E-state index >= 15 is 0 Å². The predicted octanol–water partition coefficient (Wildman–Crippen LogP) is 3.89. The Morgan fingerprint density at radius 2 is 2.21 bits per heavy atom. The Hall–Kier alpha value is -0.890. The highest BCUT2D eigenvalue weighted by Crippen LogP contribution is 2.37. The zero-order chi connectivity index (χ0) is 19.1. The van der Waals surface area contributed by atoms with Gasteiger partial charge in [-0.05, 0) is 55.9 Å². The van der Waals surface area contributed by atoms with Crippen LogP contribution in [0.25, 0.3) is 10.2 Å². The van der Waals surface area contributed by atoms with E-state index in [0.717, 1.165) is 73.1 Å². The lowest BCUT2D eigenvalue weighted by molar-refractivity contribution is 0.0937.